The predicted octanol–water partition coefficient (Wildman–Crippen LogP) is 4.21. The lowest BCUT2D eigenvalue weighted by atomic mass is 10.0. The van der Waals surface area contributed by atoms with Gasteiger partial charge in [0, 0.05) is 6.04 Å². The van der Waals surface area contributed by atoms with Crippen molar-refractivity contribution in [3.63, 3.8) is 0 Å². The summed E-state index contributed by atoms with van der Waals surface area (Å²) in [5, 5.41) is 2.84. The molecule has 1 atom stereocenters. The maximum atomic E-state index is 12.9. The second-order valence-electron chi connectivity index (χ2n) is 4.98. The smallest absolute Gasteiger partial charge is 0.297 e. The van der Waals surface area contributed by atoms with E-state index in [4.69, 9.17) is 0 Å². The van der Waals surface area contributed by atoms with Gasteiger partial charge in [-0.15, -0.1) is 0 Å². The van der Waals surface area contributed by atoms with Crippen molar-refractivity contribution in [2.24, 2.45) is 0 Å². The van der Waals surface area contributed by atoms with Gasteiger partial charge in [0.05, 0.1) is 0 Å². The van der Waals surface area contributed by atoms with E-state index >= 15 is 0 Å². The third-order valence-corrected chi connectivity index (χ3v) is 3.52. The first-order valence-corrected chi connectivity index (χ1v) is 6.38. The van der Waals surface area contributed by atoms with Crippen molar-refractivity contribution in [1.29, 1.82) is 0 Å². The van der Waals surface area contributed by atoms with Crippen molar-refractivity contribution in [3.8, 4) is 0 Å². The molecule has 18 heavy (non-hydrogen) atoms. The molecule has 0 aliphatic heterocycles. The van der Waals surface area contributed by atoms with Gasteiger partial charge in [-0.2, -0.15) is 13.2 Å². The van der Waals surface area contributed by atoms with Gasteiger partial charge in [0.25, 0.3) is 0 Å². The van der Waals surface area contributed by atoms with Crippen LogP contribution in [0.1, 0.15) is 44.2 Å². The van der Waals surface area contributed by atoms with Crippen LogP contribution in [0.2, 0.25) is 0 Å². The molecular formula is C14H18F3N. The Kier molecular flexibility index (Phi) is 3.66. The van der Waals surface area contributed by atoms with E-state index in [-0.39, 0.29) is 18.9 Å². The zero-order valence-electron chi connectivity index (χ0n) is 10.4. The van der Waals surface area contributed by atoms with Crippen LogP contribution in [0.3, 0.4) is 0 Å². The lowest BCUT2D eigenvalue weighted by Crippen LogP contribution is -2.46. The molecule has 1 N–H and O–H groups in total. The number of hydrogen-bond donors (Lipinski definition) is 1. The molecule has 1 aliphatic rings. The van der Waals surface area contributed by atoms with E-state index in [2.05, 4.69) is 5.32 Å². The number of alkyl halides is 3. The van der Waals surface area contributed by atoms with Crippen molar-refractivity contribution >= 4 is 0 Å². The van der Waals surface area contributed by atoms with Crippen molar-refractivity contribution in [2.45, 2.75) is 50.4 Å². The highest BCUT2D eigenvalue weighted by Gasteiger charge is 2.63. The molecule has 0 radical (unpaired) electrons. The van der Waals surface area contributed by atoms with E-state index < -0.39 is 11.7 Å². The first-order valence-electron chi connectivity index (χ1n) is 6.38. The molecule has 0 bridgehead atoms. The van der Waals surface area contributed by atoms with Gasteiger partial charge in [0.2, 0.25) is 0 Å². The maximum Gasteiger partial charge on any atom is 0.406 e. The van der Waals surface area contributed by atoms with Crippen molar-refractivity contribution in [3.05, 3.63) is 35.9 Å². The van der Waals surface area contributed by atoms with Gasteiger partial charge >= 0.3 is 6.18 Å². The SMILES string of the molecule is CCCC(NC1(C(F)(F)F)CC1)c1ccccc1. The fraction of sp³-hybridized carbons (Fsp3) is 0.571. The average Bonchev–Trinajstić information content (AvgIpc) is 3.10. The lowest BCUT2D eigenvalue weighted by Gasteiger charge is -2.27. The summed E-state index contributed by atoms with van der Waals surface area (Å²) >= 11 is 0. The molecule has 1 aromatic carbocycles. The summed E-state index contributed by atoms with van der Waals surface area (Å²) in [6.45, 7) is 1.99. The van der Waals surface area contributed by atoms with Crippen LogP contribution in [0, 0.1) is 0 Å². The topological polar surface area (TPSA) is 12.0 Å². The van der Waals surface area contributed by atoms with Gasteiger partial charge in [-0.3, -0.25) is 5.32 Å². The largest absolute Gasteiger partial charge is 0.406 e. The fourth-order valence-electron chi connectivity index (χ4n) is 2.26. The molecule has 4 heteroatoms. The lowest BCUT2D eigenvalue weighted by molar-refractivity contribution is -0.168. The number of benzene rings is 1. The van der Waals surface area contributed by atoms with Crippen LogP contribution >= 0.6 is 0 Å². The van der Waals surface area contributed by atoms with Crippen LogP contribution < -0.4 is 5.32 Å². The fourth-order valence-corrected chi connectivity index (χ4v) is 2.26. The summed E-state index contributed by atoms with van der Waals surface area (Å²) in [5.41, 5.74) is -0.697. The van der Waals surface area contributed by atoms with Gasteiger partial charge in [0.1, 0.15) is 5.54 Å². The molecule has 1 unspecified atom stereocenters. The molecule has 100 valence electrons. The second-order valence-corrected chi connectivity index (χ2v) is 4.98. The summed E-state index contributed by atoms with van der Waals surface area (Å²) in [7, 11) is 0. The molecule has 0 saturated heterocycles. The first kappa shape index (κ1) is 13.4. The standard InChI is InChI=1S/C14H18F3N/c1-2-6-12(11-7-4-3-5-8-11)18-13(9-10-13)14(15,16)17/h3-5,7-8,12,18H,2,6,9-10H2,1H3. The predicted molar refractivity (Wildman–Crippen MR) is 65.2 cm³/mol. The Bertz CT molecular complexity index is 382. The third kappa shape index (κ3) is 2.69. The Morgan fingerprint density at radius 1 is 1.22 bits per heavy atom. The quantitative estimate of drug-likeness (QED) is 0.833. The number of rotatable bonds is 5. The number of nitrogens with one attached hydrogen (secondary N) is 1. The Balaban J connectivity index is 2.13. The second kappa shape index (κ2) is 4.92. The minimum Gasteiger partial charge on any atom is -0.297 e. The summed E-state index contributed by atoms with van der Waals surface area (Å²) in [6, 6.07) is 9.18. The van der Waals surface area contributed by atoms with Gasteiger partial charge in [-0.05, 0) is 24.8 Å². The van der Waals surface area contributed by atoms with Crippen LogP contribution in [-0.4, -0.2) is 11.7 Å². The van der Waals surface area contributed by atoms with E-state index in [0.717, 1.165) is 18.4 Å². The van der Waals surface area contributed by atoms with Gasteiger partial charge in [-0.1, -0.05) is 43.7 Å². The Morgan fingerprint density at radius 2 is 1.83 bits per heavy atom. The number of hydrogen-bond acceptors (Lipinski definition) is 1. The van der Waals surface area contributed by atoms with Crippen LogP contribution in [0.5, 0.6) is 0 Å². The van der Waals surface area contributed by atoms with Crippen LogP contribution in [0.15, 0.2) is 30.3 Å². The first-order chi connectivity index (χ1) is 8.48. The van der Waals surface area contributed by atoms with Crippen molar-refractivity contribution in [2.75, 3.05) is 0 Å². The zero-order valence-corrected chi connectivity index (χ0v) is 10.4. The summed E-state index contributed by atoms with van der Waals surface area (Å²) in [6.07, 6.45) is -2.16. The van der Waals surface area contributed by atoms with Crippen molar-refractivity contribution < 1.29 is 13.2 Å². The Labute approximate surface area is 105 Å². The van der Waals surface area contributed by atoms with Gasteiger partial charge in [0.15, 0.2) is 0 Å². The maximum absolute atomic E-state index is 12.9. The molecule has 0 aromatic heterocycles. The molecule has 0 amide bonds. The van der Waals surface area contributed by atoms with Crippen LogP contribution in [0.25, 0.3) is 0 Å². The van der Waals surface area contributed by atoms with Gasteiger partial charge < -0.3 is 0 Å². The average molecular weight is 257 g/mol. The molecule has 1 fully saturated rings. The molecule has 0 heterocycles. The van der Waals surface area contributed by atoms with E-state index in [1.807, 2.05) is 37.3 Å². The van der Waals surface area contributed by atoms with Crippen molar-refractivity contribution in [1.82, 2.24) is 5.32 Å². The minimum absolute atomic E-state index is 0.198. The highest BCUT2D eigenvalue weighted by molar-refractivity contribution is 5.21. The van der Waals surface area contributed by atoms with Gasteiger partial charge in [-0.25, -0.2) is 0 Å². The molecule has 0 spiro atoms. The zero-order chi connectivity index (χ0) is 13.2. The third-order valence-electron chi connectivity index (χ3n) is 3.52. The van der Waals surface area contributed by atoms with Crippen LogP contribution in [0.4, 0.5) is 13.2 Å². The highest BCUT2D eigenvalue weighted by atomic mass is 19.4. The molecule has 1 aromatic rings. The molecule has 1 saturated carbocycles. The van der Waals surface area contributed by atoms with E-state index in [9.17, 15) is 13.2 Å². The summed E-state index contributed by atoms with van der Waals surface area (Å²) in [5.74, 6) is 0. The molecule has 1 nitrogen and oxygen atoms in total. The van der Waals surface area contributed by atoms with E-state index in [1.54, 1.807) is 0 Å². The number of halogens is 3. The summed E-state index contributed by atoms with van der Waals surface area (Å²) in [4.78, 5) is 0. The summed E-state index contributed by atoms with van der Waals surface area (Å²) < 4.78 is 38.8. The highest BCUT2D eigenvalue weighted by Crippen LogP contribution is 2.50. The minimum atomic E-state index is -4.15. The van der Waals surface area contributed by atoms with E-state index in [1.165, 1.54) is 0 Å². The monoisotopic (exact) mass is 257 g/mol. The normalized spacial score (nSPS) is 19.6. The Hall–Kier alpha value is -1.03. The molecular weight excluding hydrogens is 239 g/mol. The van der Waals surface area contributed by atoms with Crippen LogP contribution in [-0.2, 0) is 0 Å². The molecule has 2 rings (SSSR count). The molecule has 1 aliphatic carbocycles. The Morgan fingerprint density at radius 3 is 2.28 bits per heavy atom. The van der Waals surface area contributed by atoms with E-state index in [0.29, 0.717) is 0 Å².